The van der Waals surface area contributed by atoms with Crippen LogP contribution in [0.3, 0.4) is 0 Å². The summed E-state index contributed by atoms with van der Waals surface area (Å²) in [5.41, 5.74) is 7.84. The van der Waals surface area contributed by atoms with Gasteiger partial charge in [0.05, 0.1) is 29.3 Å². The number of carbonyl (C=O) groups excluding carboxylic acids is 1. The molecule has 1 aliphatic rings. The number of hydroxylamine groups is 2. The molecule has 1 aromatic heterocycles. The summed E-state index contributed by atoms with van der Waals surface area (Å²) in [6, 6.07) is 10.8. The molecule has 32 heavy (non-hydrogen) atoms. The summed E-state index contributed by atoms with van der Waals surface area (Å²) in [6.45, 7) is 8.14. The number of fused-ring (bicyclic) bond motifs is 1. The number of H-pyrrole nitrogens is 1. The fourth-order valence-electron chi connectivity index (χ4n) is 4.20. The van der Waals surface area contributed by atoms with Crippen LogP contribution >= 0.6 is 0 Å². The average molecular weight is 437 g/mol. The first-order chi connectivity index (χ1) is 15.0. The lowest BCUT2D eigenvalue weighted by Gasteiger charge is -2.36. The minimum atomic E-state index is -0.539. The number of aromatic amines is 1. The van der Waals surface area contributed by atoms with E-state index in [4.69, 9.17) is 15.2 Å². The molecule has 0 fully saturated rings. The van der Waals surface area contributed by atoms with E-state index in [1.807, 2.05) is 58.0 Å². The van der Waals surface area contributed by atoms with Crippen LogP contribution in [-0.4, -0.2) is 50.9 Å². The van der Waals surface area contributed by atoms with Gasteiger partial charge in [-0.2, -0.15) is 5.06 Å². The first kappa shape index (κ1) is 21.9. The molecule has 2 aromatic carbocycles. The van der Waals surface area contributed by atoms with Gasteiger partial charge in [0.1, 0.15) is 17.9 Å². The van der Waals surface area contributed by atoms with Crippen LogP contribution in [0.25, 0.3) is 22.4 Å². The van der Waals surface area contributed by atoms with Crippen molar-refractivity contribution >= 4 is 16.9 Å². The third-order valence-corrected chi connectivity index (χ3v) is 5.99. The zero-order chi connectivity index (χ0) is 23.3. The number of amides is 1. The van der Waals surface area contributed by atoms with Crippen molar-refractivity contribution in [1.82, 2.24) is 15.0 Å². The second-order valence-corrected chi connectivity index (χ2v) is 9.00. The SMILES string of the molecule is COc1cc(-c2nc3c(C(N)=O)cccc3[nH]2)ccc1OCC1=CC(C)(C)N(O)C1(C)C. The van der Waals surface area contributed by atoms with Crippen molar-refractivity contribution in [2.24, 2.45) is 5.73 Å². The zero-order valence-electron chi connectivity index (χ0n) is 18.9. The van der Waals surface area contributed by atoms with Crippen molar-refractivity contribution < 1.29 is 19.5 Å². The second-order valence-electron chi connectivity index (χ2n) is 9.00. The standard InChI is InChI=1S/C24H28N4O4/c1-23(2)12-15(24(3,4)28(23)30)13-32-18-10-9-14(11-19(18)31-5)22-26-17-8-6-7-16(21(25)29)20(17)27-22/h6-12,30H,13H2,1-5H3,(H2,25,29)(H,26,27). The molecule has 0 atom stereocenters. The van der Waals surface area contributed by atoms with Crippen LogP contribution in [0.4, 0.5) is 0 Å². The Hall–Kier alpha value is -3.36. The Morgan fingerprint density at radius 2 is 1.94 bits per heavy atom. The van der Waals surface area contributed by atoms with E-state index in [1.165, 1.54) is 5.06 Å². The molecule has 4 N–H and O–H groups in total. The number of carbonyl (C=O) groups is 1. The molecule has 8 heteroatoms. The summed E-state index contributed by atoms with van der Waals surface area (Å²) in [6.07, 6.45) is 2.03. The van der Waals surface area contributed by atoms with Gasteiger partial charge in [-0.15, -0.1) is 0 Å². The van der Waals surface area contributed by atoms with Gasteiger partial charge in [-0.1, -0.05) is 12.1 Å². The van der Waals surface area contributed by atoms with Gasteiger partial charge in [-0.25, -0.2) is 4.98 Å². The molecular weight excluding hydrogens is 408 g/mol. The molecular formula is C24H28N4O4. The quantitative estimate of drug-likeness (QED) is 0.505. The number of rotatable bonds is 6. The van der Waals surface area contributed by atoms with Gasteiger partial charge in [0.2, 0.25) is 0 Å². The Morgan fingerprint density at radius 1 is 1.19 bits per heavy atom. The Morgan fingerprint density at radius 3 is 2.56 bits per heavy atom. The van der Waals surface area contributed by atoms with Crippen molar-refractivity contribution in [3.05, 3.63) is 53.6 Å². The van der Waals surface area contributed by atoms with Crippen LogP contribution < -0.4 is 15.2 Å². The van der Waals surface area contributed by atoms with Crippen LogP contribution in [0.2, 0.25) is 0 Å². The van der Waals surface area contributed by atoms with E-state index >= 15 is 0 Å². The summed E-state index contributed by atoms with van der Waals surface area (Å²) < 4.78 is 11.6. The normalized spacial score (nSPS) is 17.4. The number of imidazole rings is 1. The predicted molar refractivity (Wildman–Crippen MR) is 122 cm³/mol. The fraction of sp³-hybridized carbons (Fsp3) is 0.333. The monoisotopic (exact) mass is 436 g/mol. The molecule has 0 aliphatic carbocycles. The summed E-state index contributed by atoms with van der Waals surface area (Å²) in [5.74, 6) is 1.20. The lowest BCUT2D eigenvalue weighted by atomic mass is 9.97. The van der Waals surface area contributed by atoms with Crippen molar-refractivity contribution in [3.8, 4) is 22.9 Å². The van der Waals surface area contributed by atoms with Gasteiger partial charge in [0.25, 0.3) is 5.91 Å². The second kappa shape index (κ2) is 7.65. The zero-order valence-corrected chi connectivity index (χ0v) is 18.9. The van der Waals surface area contributed by atoms with E-state index in [1.54, 1.807) is 19.2 Å². The molecule has 0 saturated carbocycles. The highest BCUT2D eigenvalue weighted by atomic mass is 16.5. The van der Waals surface area contributed by atoms with Crippen LogP contribution in [0.15, 0.2) is 48.0 Å². The number of para-hydroxylation sites is 1. The largest absolute Gasteiger partial charge is 0.493 e. The maximum atomic E-state index is 11.7. The van der Waals surface area contributed by atoms with Gasteiger partial charge in [0.15, 0.2) is 11.5 Å². The molecule has 168 valence electrons. The van der Waals surface area contributed by atoms with E-state index in [-0.39, 0.29) is 0 Å². The molecule has 8 nitrogen and oxygen atoms in total. The van der Waals surface area contributed by atoms with Crippen LogP contribution in [-0.2, 0) is 0 Å². The molecule has 0 bridgehead atoms. The predicted octanol–water partition coefficient (Wildman–Crippen LogP) is 3.90. The first-order valence-electron chi connectivity index (χ1n) is 10.4. The number of hydrogen-bond donors (Lipinski definition) is 3. The maximum Gasteiger partial charge on any atom is 0.250 e. The van der Waals surface area contributed by atoms with E-state index in [2.05, 4.69) is 9.97 Å². The maximum absolute atomic E-state index is 11.7. The van der Waals surface area contributed by atoms with Gasteiger partial charge in [-0.3, -0.25) is 4.79 Å². The molecule has 0 saturated heterocycles. The smallest absolute Gasteiger partial charge is 0.250 e. The van der Waals surface area contributed by atoms with E-state index in [9.17, 15) is 10.0 Å². The summed E-state index contributed by atoms with van der Waals surface area (Å²) in [4.78, 5) is 19.5. The molecule has 0 radical (unpaired) electrons. The number of methoxy groups -OCH3 is 1. The number of hydrogen-bond acceptors (Lipinski definition) is 6. The average Bonchev–Trinajstić information content (AvgIpc) is 3.25. The number of nitrogens with one attached hydrogen (secondary N) is 1. The van der Waals surface area contributed by atoms with Gasteiger partial charge < -0.3 is 25.4 Å². The van der Waals surface area contributed by atoms with Gasteiger partial charge >= 0.3 is 0 Å². The number of ether oxygens (including phenoxy) is 2. The topological polar surface area (TPSA) is 114 Å². The summed E-state index contributed by atoms with van der Waals surface area (Å²) >= 11 is 0. The number of benzene rings is 2. The number of primary amides is 1. The minimum Gasteiger partial charge on any atom is -0.493 e. The van der Waals surface area contributed by atoms with Gasteiger partial charge in [-0.05, 0) is 63.6 Å². The van der Waals surface area contributed by atoms with Crippen LogP contribution in [0.5, 0.6) is 11.5 Å². The third kappa shape index (κ3) is 3.61. The highest BCUT2D eigenvalue weighted by molar-refractivity contribution is 6.04. The summed E-state index contributed by atoms with van der Waals surface area (Å²) in [7, 11) is 1.58. The highest BCUT2D eigenvalue weighted by Gasteiger charge is 2.45. The molecule has 1 aliphatic heterocycles. The molecule has 1 amide bonds. The number of nitrogens with zero attached hydrogens (tertiary/aromatic N) is 2. The van der Waals surface area contributed by atoms with E-state index in [0.29, 0.717) is 35.0 Å². The van der Waals surface area contributed by atoms with Crippen molar-refractivity contribution in [1.29, 1.82) is 0 Å². The molecule has 4 rings (SSSR count). The minimum absolute atomic E-state index is 0.315. The Balaban J connectivity index is 1.61. The fourth-order valence-corrected chi connectivity index (χ4v) is 4.20. The number of nitrogens with two attached hydrogens (primary N) is 1. The van der Waals surface area contributed by atoms with Crippen LogP contribution in [0.1, 0.15) is 38.1 Å². The Bertz CT molecular complexity index is 1230. The van der Waals surface area contributed by atoms with Crippen molar-refractivity contribution in [2.45, 2.75) is 38.8 Å². The molecule has 0 unspecified atom stereocenters. The third-order valence-electron chi connectivity index (χ3n) is 5.99. The first-order valence-corrected chi connectivity index (χ1v) is 10.4. The van der Waals surface area contributed by atoms with Crippen molar-refractivity contribution in [3.63, 3.8) is 0 Å². The molecule has 2 heterocycles. The van der Waals surface area contributed by atoms with Crippen molar-refractivity contribution in [2.75, 3.05) is 13.7 Å². The van der Waals surface area contributed by atoms with E-state index in [0.717, 1.165) is 16.7 Å². The molecule has 0 spiro atoms. The summed E-state index contributed by atoms with van der Waals surface area (Å²) in [5, 5.41) is 11.8. The lowest BCUT2D eigenvalue weighted by Crippen LogP contribution is -2.48. The molecule has 3 aromatic rings. The Kier molecular flexibility index (Phi) is 5.22. The number of aromatic nitrogens is 2. The Labute approximate surface area is 186 Å². The van der Waals surface area contributed by atoms with E-state index < -0.39 is 17.0 Å². The lowest BCUT2D eigenvalue weighted by molar-refractivity contribution is -0.185. The van der Waals surface area contributed by atoms with Gasteiger partial charge in [0, 0.05) is 5.56 Å². The van der Waals surface area contributed by atoms with Crippen LogP contribution in [0, 0.1) is 0 Å². The highest BCUT2D eigenvalue weighted by Crippen LogP contribution is 2.39.